The molecule has 0 heterocycles. The molecule has 1 saturated carbocycles. The molecule has 17 heavy (non-hydrogen) atoms. The first kappa shape index (κ1) is 12.3. The van der Waals surface area contributed by atoms with Gasteiger partial charge in [-0.1, -0.05) is 18.5 Å². The standard InChI is InChI=1S/C14H16ClNO/c1-10-2-6-13(7-3-10)17-14-8-12(15)5-4-11(14)9-16/h4-5,8,10,13H,2-3,6-7H2,1H3. The highest BCUT2D eigenvalue weighted by Crippen LogP contribution is 2.30. The van der Waals surface area contributed by atoms with Gasteiger partial charge < -0.3 is 4.74 Å². The molecule has 1 aromatic rings. The summed E-state index contributed by atoms with van der Waals surface area (Å²) in [6.07, 6.45) is 4.77. The van der Waals surface area contributed by atoms with Crippen LogP contribution in [0.25, 0.3) is 0 Å². The fraction of sp³-hybridized carbons (Fsp3) is 0.500. The van der Waals surface area contributed by atoms with Crippen LogP contribution in [-0.2, 0) is 0 Å². The van der Waals surface area contributed by atoms with Gasteiger partial charge in [-0.25, -0.2) is 0 Å². The molecule has 1 aliphatic carbocycles. The zero-order chi connectivity index (χ0) is 12.3. The van der Waals surface area contributed by atoms with Gasteiger partial charge in [0.05, 0.1) is 11.7 Å². The quantitative estimate of drug-likeness (QED) is 0.788. The van der Waals surface area contributed by atoms with Crippen molar-refractivity contribution in [3.63, 3.8) is 0 Å². The molecule has 0 spiro atoms. The maximum Gasteiger partial charge on any atom is 0.138 e. The van der Waals surface area contributed by atoms with Crippen molar-refractivity contribution < 1.29 is 4.74 Å². The largest absolute Gasteiger partial charge is 0.489 e. The molecular formula is C14H16ClNO. The van der Waals surface area contributed by atoms with Crippen LogP contribution < -0.4 is 4.74 Å². The zero-order valence-corrected chi connectivity index (χ0v) is 10.7. The molecular weight excluding hydrogens is 234 g/mol. The van der Waals surface area contributed by atoms with Crippen LogP contribution in [0.15, 0.2) is 18.2 Å². The molecule has 90 valence electrons. The minimum Gasteiger partial charge on any atom is -0.489 e. The van der Waals surface area contributed by atoms with Crippen molar-refractivity contribution in [2.45, 2.75) is 38.7 Å². The van der Waals surface area contributed by atoms with Crippen molar-refractivity contribution in [3.05, 3.63) is 28.8 Å². The number of benzene rings is 1. The Morgan fingerprint density at radius 3 is 2.65 bits per heavy atom. The first-order valence-electron chi connectivity index (χ1n) is 6.05. The maximum atomic E-state index is 9.01. The molecule has 0 amide bonds. The van der Waals surface area contributed by atoms with Crippen LogP contribution in [0.2, 0.25) is 5.02 Å². The van der Waals surface area contributed by atoms with Crippen LogP contribution in [-0.4, -0.2) is 6.10 Å². The summed E-state index contributed by atoms with van der Waals surface area (Å²) in [4.78, 5) is 0. The predicted octanol–water partition coefficient (Wildman–Crippen LogP) is 4.17. The lowest BCUT2D eigenvalue weighted by atomic mass is 9.89. The number of hydrogen-bond donors (Lipinski definition) is 0. The van der Waals surface area contributed by atoms with Gasteiger partial charge in [0.2, 0.25) is 0 Å². The van der Waals surface area contributed by atoms with Crippen molar-refractivity contribution >= 4 is 11.6 Å². The summed E-state index contributed by atoms with van der Waals surface area (Å²) in [5.41, 5.74) is 0.563. The second kappa shape index (κ2) is 5.42. The second-order valence-corrected chi connectivity index (χ2v) is 5.19. The van der Waals surface area contributed by atoms with Gasteiger partial charge in [0.1, 0.15) is 11.8 Å². The summed E-state index contributed by atoms with van der Waals surface area (Å²) in [6.45, 7) is 2.27. The molecule has 0 aliphatic heterocycles. The summed E-state index contributed by atoms with van der Waals surface area (Å²) < 4.78 is 5.90. The van der Waals surface area contributed by atoms with Gasteiger partial charge in [-0.3, -0.25) is 0 Å². The average Bonchev–Trinajstić information content (AvgIpc) is 2.32. The number of nitriles is 1. The summed E-state index contributed by atoms with van der Waals surface area (Å²) in [5, 5.41) is 9.62. The minimum atomic E-state index is 0.233. The molecule has 1 fully saturated rings. The summed E-state index contributed by atoms with van der Waals surface area (Å²) >= 11 is 5.93. The van der Waals surface area contributed by atoms with E-state index >= 15 is 0 Å². The van der Waals surface area contributed by atoms with Gasteiger partial charge in [-0.05, 0) is 43.7 Å². The Morgan fingerprint density at radius 2 is 2.00 bits per heavy atom. The summed E-state index contributed by atoms with van der Waals surface area (Å²) in [7, 11) is 0. The minimum absolute atomic E-state index is 0.233. The van der Waals surface area contributed by atoms with E-state index in [9.17, 15) is 0 Å². The number of nitrogens with zero attached hydrogens (tertiary/aromatic N) is 1. The van der Waals surface area contributed by atoms with E-state index in [1.807, 2.05) is 0 Å². The molecule has 1 aliphatic rings. The van der Waals surface area contributed by atoms with Crippen LogP contribution >= 0.6 is 11.6 Å². The van der Waals surface area contributed by atoms with Crippen molar-refractivity contribution in [2.24, 2.45) is 5.92 Å². The SMILES string of the molecule is CC1CCC(Oc2cc(Cl)ccc2C#N)CC1. The van der Waals surface area contributed by atoms with Gasteiger partial charge in [0.15, 0.2) is 0 Å². The Hall–Kier alpha value is -1.20. The van der Waals surface area contributed by atoms with Crippen molar-refractivity contribution in [3.8, 4) is 11.8 Å². The zero-order valence-electron chi connectivity index (χ0n) is 9.95. The molecule has 0 radical (unpaired) electrons. The number of hydrogen-bond acceptors (Lipinski definition) is 2. The third-order valence-corrected chi connectivity index (χ3v) is 3.56. The topological polar surface area (TPSA) is 33.0 Å². The van der Waals surface area contributed by atoms with E-state index in [-0.39, 0.29) is 6.10 Å². The molecule has 0 saturated heterocycles. The third kappa shape index (κ3) is 3.14. The third-order valence-electron chi connectivity index (χ3n) is 3.32. The maximum absolute atomic E-state index is 9.01. The molecule has 0 atom stereocenters. The molecule has 2 nitrogen and oxygen atoms in total. The van der Waals surface area contributed by atoms with E-state index in [1.54, 1.807) is 18.2 Å². The Balaban J connectivity index is 2.08. The Kier molecular flexibility index (Phi) is 3.91. The van der Waals surface area contributed by atoms with Gasteiger partial charge in [0.25, 0.3) is 0 Å². The van der Waals surface area contributed by atoms with Gasteiger partial charge in [0, 0.05) is 11.1 Å². The highest BCUT2D eigenvalue weighted by atomic mass is 35.5. The highest BCUT2D eigenvalue weighted by Gasteiger charge is 2.20. The molecule has 0 unspecified atom stereocenters. The van der Waals surface area contributed by atoms with Gasteiger partial charge in [-0.2, -0.15) is 5.26 Å². The summed E-state index contributed by atoms with van der Waals surface area (Å²) in [5.74, 6) is 1.42. The Bertz CT molecular complexity index is 430. The second-order valence-electron chi connectivity index (χ2n) is 4.75. The van der Waals surface area contributed by atoms with E-state index in [0.717, 1.165) is 18.8 Å². The van der Waals surface area contributed by atoms with Crippen molar-refractivity contribution in [1.29, 1.82) is 5.26 Å². The lowest BCUT2D eigenvalue weighted by Crippen LogP contribution is -2.23. The molecule has 0 bridgehead atoms. The van der Waals surface area contributed by atoms with Crippen molar-refractivity contribution in [1.82, 2.24) is 0 Å². The molecule has 3 heteroatoms. The van der Waals surface area contributed by atoms with E-state index in [4.69, 9.17) is 21.6 Å². The van der Waals surface area contributed by atoms with E-state index in [1.165, 1.54) is 12.8 Å². The number of rotatable bonds is 2. The van der Waals surface area contributed by atoms with Gasteiger partial charge >= 0.3 is 0 Å². The molecule has 0 N–H and O–H groups in total. The number of halogens is 1. The number of ether oxygens (including phenoxy) is 1. The van der Waals surface area contributed by atoms with Crippen LogP contribution in [0.3, 0.4) is 0 Å². The lowest BCUT2D eigenvalue weighted by Gasteiger charge is -2.27. The first-order valence-corrected chi connectivity index (χ1v) is 6.43. The van der Waals surface area contributed by atoms with Crippen LogP contribution in [0.5, 0.6) is 5.75 Å². The van der Waals surface area contributed by atoms with E-state index < -0.39 is 0 Å². The monoisotopic (exact) mass is 249 g/mol. The van der Waals surface area contributed by atoms with Crippen LogP contribution in [0.4, 0.5) is 0 Å². The Morgan fingerprint density at radius 1 is 1.29 bits per heavy atom. The molecule has 2 rings (SSSR count). The normalized spacial score (nSPS) is 24.1. The van der Waals surface area contributed by atoms with Crippen LogP contribution in [0.1, 0.15) is 38.2 Å². The molecule has 1 aromatic carbocycles. The predicted molar refractivity (Wildman–Crippen MR) is 68.2 cm³/mol. The van der Waals surface area contributed by atoms with Crippen molar-refractivity contribution in [2.75, 3.05) is 0 Å². The Labute approximate surface area is 107 Å². The molecule has 0 aromatic heterocycles. The van der Waals surface area contributed by atoms with Crippen LogP contribution in [0, 0.1) is 17.2 Å². The van der Waals surface area contributed by atoms with Gasteiger partial charge in [-0.15, -0.1) is 0 Å². The van der Waals surface area contributed by atoms with E-state index in [2.05, 4.69) is 13.0 Å². The highest BCUT2D eigenvalue weighted by molar-refractivity contribution is 6.30. The fourth-order valence-electron chi connectivity index (χ4n) is 2.21. The first-order chi connectivity index (χ1) is 8.19. The van der Waals surface area contributed by atoms with E-state index in [0.29, 0.717) is 16.3 Å². The smallest absolute Gasteiger partial charge is 0.138 e. The average molecular weight is 250 g/mol. The lowest BCUT2D eigenvalue weighted by molar-refractivity contribution is 0.135. The fourth-order valence-corrected chi connectivity index (χ4v) is 2.38. The summed E-state index contributed by atoms with van der Waals surface area (Å²) in [6, 6.07) is 7.30.